The van der Waals surface area contributed by atoms with E-state index in [4.69, 9.17) is 27.9 Å². The molecule has 0 radical (unpaired) electrons. The maximum absolute atomic E-state index is 12.6. The molecular weight excluding hydrogens is 869 g/mol. The summed E-state index contributed by atoms with van der Waals surface area (Å²) in [5.41, 5.74) is 4.18. The van der Waals surface area contributed by atoms with Gasteiger partial charge in [-0.3, -0.25) is 19.6 Å². The largest absolute Gasteiger partial charge is 0.494 e. The number of benzene rings is 2. The van der Waals surface area contributed by atoms with Gasteiger partial charge in [-0.25, -0.2) is 0 Å². The van der Waals surface area contributed by atoms with Gasteiger partial charge in [0.1, 0.15) is 0 Å². The molecule has 3 aliphatic heterocycles. The Morgan fingerprint density at radius 2 is 0.812 bits per heavy atom. The lowest BCUT2D eigenvalue weighted by Gasteiger charge is -2.32. The quantitative estimate of drug-likeness (QED) is 0.112. The standard InChI is InChI=1S/C22H28BNO3.C16H16BrNO.C12H24B2O4/c1-15(2)17-11-12-24-19(13-17)14-20(25)16-7-9-18(10-8-16)23-26-21(3,4)22(5,6)27-23;1-11(2)13-7-8-18-15(9-13)10-16(19)12-3-5-14(17)6-4-12;1-9(2)10(3,4)16-13(15-9)14-17-11(5,6)12(7,8)18-14/h7-13,15H,14H2,1-6H3;3-9,11H,10H2,1-2H3;1-8H3. The van der Waals surface area contributed by atoms with Crippen molar-refractivity contribution in [3.8, 4) is 0 Å². The van der Waals surface area contributed by atoms with Crippen molar-refractivity contribution in [1.82, 2.24) is 9.97 Å². The highest BCUT2D eigenvalue weighted by atomic mass is 79.9. The van der Waals surface area contributed by atoms with E-state index in [9.17, 15) is 9.59 Å². The molecule has 7 rings (SSSR count). The highest BCUT2D eigenvalue weighted by Crippen LogP contribution is 2.43. The first kappa shape index (κ1) is 51.5. The summed E-state index contributed by atoms with van der Waals surface area (Å²) in [4.78, 5) is 33.4. The molecule has 0 saturated carbocycles. The minimum absolute atomic E-state index is 0.0591. The highest BCUT2D eigenvalue weighted by Gasteiger charge is 2.63. The van der Waals surface area contributed by atoms with Gasteiger partial charge in [0.2, 0.25) is 0 Å². The molecule has 0 bridgehead atoms. The summed E-state index contributed by atoms with van der Waals surface area (Å²) in [5, 5.41) is 0. The van der Waals surface area contributed by atoms with Crippen LogP contribution < -0.4 is 5.46 Å². The number of aromatic nitrogens is 2. The molecule has 0 aliphatic carbocycles. The van der Waals surface area contributed by atoms with Gasteiger partial charge in [-0.1, -0.05) is 80.0 Å². The van der Waals surface area contributed by atoms with E-state index in [1.54, 1.807) is 12.4 Å². The van der Waals surface area contributed by atoms with Crippen molar-refractivity contribution < 1.29 is 37.5 Å². The van der Waals surface area contributed by atoms with Gasteiger partial charge in [0.05, 0.1) is 46.4 Å². The van der Waals surface area contributed by atoms with E-state index in [-0.39, 0.29) is 45.2 Å². The Labute approximate surface area is 392 Å². The molecule has 0 atom stereocenters. The smallest absolute Gasteiger partial charge is 0.405 e. The number of Topliss-reactive ketones (excluding diaryl/α,β-unsaturated/α-hetero) is 2. The summed E-state index contributed by atoms with van der Waals surface area (Å²) in [6, 6.07) is 23.0. The van der Waals surface area contributed by atoms with Crippen LogP contribution in [-0.2, 0) is 40.8 Å². The SMILES string of the molecule is CC(C)c1ccnc(CC(=O)c2ccc(B3OC(C)(C)C(C)(C)O3)cc2)c1.CC(C)c1ccnc(CC(=O)c2ccc(Br)cc2)c1.CC1(C)OB(B2OC(C)(C)C(C)(C)O2)OC1(C)C. The number of ketones is 2. The molecule has 2 aromatic heterocycles. The Morgan fingerprint density at radius 1 is 0.500 bits per heavy atom. The average molecular weight is 937 g/mol. The predicted molar refractivity (Wildman–Crippen MR) is 261 cm³/mol. The third-order valence-electron chi connectivity index (χ3n) is 13.4. The summed E-state index contributed by atoms with van der Waals surface area (Å²) in [6.07, 6.45) is 4.21. The fourth-order valence-electron chi connectivity index (χ4n) is 6.88. The van der Waals surface area contributed by atoms with E-state index in [2.05, 4.69) is 53.6 Å². The minimum atomic E-state index is -0.476. The highest BCUT2D eigenvalue weighted by molar-refractivity contribution is 9.10. The van der Waals surface area contributed by atoms with Crippen LogP contribution in [0.4, 0.5) is 0 Å². The second kappa shape index (κ2) is 19.8. The van der Waals surface area contributed by atoms with Crippen LogP contribution in [0, 0.1) is 0 Å². The van der Waals surface area contributed by atoms with Gasteiger partial charge >= 0.3 is 21.1 Å². The number of nitrogens with zero attached hydrogens (tertiary/aromatic N) is 2. The van der Waals surface area contributed by atoms with E-state index in [1.165, 1.54) is 11.1 Å². The fraction of sp³-hybridized carbons (Fsp3) is 0.520. The maximum atomic E-state index is 12.6. The van der Waals surface area contributed by atoms with E-state index in [0.717, 1.165) is 26.9 Å². The molecule has 4 aromatic rings. The van der Waals surface area contributed by atoms with Crippen molar-refractivity contribution >= 4 is 54.1 Å². The number of carbonyl (C=O) groups is 2. The first-order valence-corrected chi connectivity index (χ1v) is 23.2. The molecule has 5 heterocycles. The zero-order valence-electron chi connectivity index (χ0n) is 40.9. The van der Waals surface area contributed by atoms with Crippen LogP contribution in [0.15, 0.2) is 89.7 Å². The van der Waals surface area contributed by atoms with Crippen molar-refractivity contribution in [2.75, 3.05) is 0 Å². The molecule has 10 nitrogen and oxygen atoms in total. The lowest BCUT2D eigenvalue weighted by atomic mass is 9.49. The topological polar surface area (TPSA) is 115 Å². The third kappa shape index (κ3) is 12.3. The Balaban J connectivity index is 0.000000186. The summed E-state index contributed by atoms with van der Waals surface area (Å²) in [5.74, 6) is 1.02. The molecule has 0 amide bonds. The zero-order valence-corrected chi connectivity index (χ0v) is 42.5. The average Bonchev–Trinajstić information content (AvgIpc) is 3.68. The summed E-state index contributed by atoms with van der Waals surface area (Å²) >= 11 is 3.36. The number of pyridine rings is 2. The molecule has 2 aromatic carbocycles. The van der Waals surface area contributed by atoms with Crippen molar-refractivity contribution in [2.24, 2.45) is 0 Å². The monoisotopic (exact) mass is 936 g/mol. The van der Waals surface area contributed by atoms with Crippen LogP contribution in [0.2, 0.25) is 0 Å². The van der Waals surface area contributed by atoms with Gasteiger partial charge in [0.25, 0.3) is 0 Å². The number of rotatable bonds is 10. The number of hydrogen-bond acceptors (Lipinski definition) is 10. The van der Waals surface area contributed by atoms with Gasteiger partial charge in [-0.05, 0) is 148 Å². The van der Waals surface area contributed by atoms with Crippen LogP contribution in [-0.4, -0.2) is 76.3 Å². The molecular formula is C50H68B3BrN2O8. The van der Waals surface area contributed by atoms with Crippen LogP contribution in [0.25, 0.3) is 0 Å². The van der Waals surface area contributed by atoms with E-state index in [1.807, 2.05) is 156 Å². The molecule has 14 heteroatoms. The number of hydrogen-bond donors (Lipinski definition) is 0. The first-order chi connectivity index (χ1) is 29.5. The fourth-order valence-corrected chi connectivity index (χ4v) is 7.14. The van der Waals surface area contributed by atoms with Crippen LogP contribution in [0.1, 0.15) is 166 Å². The lowest BCUT2D eigenvalue weighted by molar-refractivity contribution is 0.00578. The molecule has 342 valence electrons. The Kier molecular flexibility index (Phi) is 15.9. The van der Waals surface area contributed by atoms with Crippen LogP contribution in [0.3, 0.4) is 0 Å². The molecule has 3 aliphatic rings. The Morgan fingerprint density at radius 3 is 1.14 bits per heavy atom. The molecule has 0 spiro atoms. The van der Waals surface area contributed by atoms with Crippen LogP contribution >= 0.6 is 15.9 Å². The van der Waals surface area contributed by atoms with Gasteiger partial charge < -0.3 is 27.9 Å². The Hall–Kier alpha value is -3.49. The summed E-state index contributed by atoms with van der Waals surface area (Å²) in [6.45, 7) is 32.9. The van der Waals surface area contributed by atoms with Crippen molar-refractivity contribution in [3.63, 3.8) is 0 Å². The van der Waals surface area contributed by atoms with Crippen molar-refractivity contribution in [1.29, 1.82) is 0 Å². The van der Waals surface area contributed by atoms with Gasteiger partial charge in [-0.2, -0.15) is 0 Å². The first-order valence-electron chi connectivity index (χ1n) is 22.4. The Bertz CT molecular complexity index is 2160. The minimum Gasteiger partial charge on any atom is -0.405 e. The second-order valence-electron chi connectivity index (χ2n) is 20.6. The van der Waals surface area contributed by atoms with Gasteiger partial charge in [0, 0.05) is 39.4 Å². The van der Waals surface area contributed by atoms with Gasteiger partial charge in [0.15, 0.2) is 11.6 Å². The maximum Gasteiger partial charge on any atom is 0.494 e. The second-order valence-corrected chi connectivity index (χ2v) is 21.6. The summed E-state index contributed by atoms with van der Waals surface area (Å²) in [7, 11) is -1.37. The third-order valence-corrected chi connectivity index (χ3v) is 13.9. The van der Waals surface area contributed by atoms with E-state index < -0.39 is 21.1 Å². The van der Waals surface area contributed by atoms with E-state index in [0.29, 0.717) is 30.2 Å². The van der Waals surface area contributed by atoms with Crippen molar-refractivity contribution in [3.05, 3.63) is 123 Å². The molecule has 3 saturated heterocycles. The number of halogens is 1. The normalized spacial score (nSPS) is 19.8. The molecule has 0 N–H and O–H groups in total. The molecule has 64 heavy (non-hydrogen) atoms. The van der Waals surface area contributed by atoms with Gasteiger partial charge in [-0.15, -0.1) is 0 Å². The van der Waals surface area contributed by atoms with E-state index >= 15 is 0 Å². The molecule has 3 fully saturated rings. The molecule has 0 unspecified atom stereocenters. The van der Waals surface area contributed by atoms with Crippen molar-refractivity contribution in [2.45, 2.75) is 169 Å². The zero-order chi connectivity index (χ0) is 47.6. The summed E-state index contributed by atoms with van der Waals surface area (Å²) < 4.78 is 37.0. The predicted octanol–water partition coefficient (Wildman–Crippen LogP) is 10.6. The lowest BCUT2D eigenvalue weighted by Crippen LogP contribution is -2.41. The number of carbonyl (C=O) groups excluding carboxylic acids is 2. The van der Waals surface area contributed by atoms with Crippen LogP contribution in [0.5, 0.6) is 0 Å².